The Labute approximate surface area is 139 Å². The summed E-state index contributed by atoms with van der Waals surface area (Å²) in [6.45, 7) is 4.56. The Hall–Kier alpha value is 1.11. The van der Waals surface area contributed by atoms with Crippen molar-refractivity contribution < 1.29 is 26.6 Å². The standard InChI is InChI=1S/C10H28O6S2Si3/c1-11-20(12-2,13-3)9-17-19(7,8)18-10-21(14-4,15-5)16-6/h9-10H2,1-8H3. The van der Waals surface area contributed by atoms with Crippen LogP contribution in [0.1, 0.15) is 0 Å². The van der Waals surface area contributed by atoms with E-state index in [1.165, 1.54) is 0 Å². The zero-order valence-corrected chi connectivity index (χ0v) is 18.8. The average molecular weight is 393 g/mol. The molecule has 0 saturated heterocycles. The van der Waals surface area contributed by atoms with Crippen LogP contribution in [0.3, 0.4) is 0 Å². The molecule has 128 valence electrons. The summed E-state index contributed by atoms with van der Waals surface area (Å²) in [4.78, 5) is 0. The van der Waals surface area contributed by atoms with Crippen molar-refractivity contribution in [2.45, 2.75) is 13.1 Å². The molecule has 0 amide bonds. The lowest BCUT2D eigenvalue weighted by atomic mass is 11.8. The molecule has 6 nitrogen and oxygen atoms in total. The molecule has 0 bridgehead atoms. The lowest BCUT2D eigenvalue weighted by Crippen LogP contribution is -2.49. The van der Waals surface area contributed by atoms with Gasteiger partial charge in [-0.25, -0.2) is 0 Å². The predicted octanol–water partition coefficient (Wildman–Crippen LogP) is 1.99. The van der Waals surface area contributed by atoms with E-state index in [1.54, 1.807) is 42.7 Å². The van der Waals surface area contributed by atoms with Crippen LogP contribution in [0.5, 0.6) is 0 Å². The van der Waals surface area contributed by atoms with E-state index in [-0.39, 0.29) is 0 Å². The van der Waals surface area contributed by atoms with Crippen LogP contribution in [-0.2, 0) is 26.6 Å². The highest BCUT2D eigenvalue weighted by Gasteiger charge is 2.43. The summed E-state index contributed by atoms with van der Waals surface area (Å²) in [6, 6.07) is 0. The molecule has 0 saturated carbocycles. The van der Waals surface area contributed by atoms with E-state index in [2.05, 4.69) is 13.1 Å². The molecular weight excluding hydrogens is 364 g/mol. The average Bonchev–Trinajstić information content (AvgIpc) is 2.51. The van der Waals surface area contributed by atoms with Crippen molar-refractivity contribution in [3.63, 3.8) is 0 Å². The highest BCUT2D eigenvalue weighted by Crippen LogP contribution is 2.35. The molecule has 0 unspecified atom stereocenters. The van der Waals surface area contributed by atoms with Gasteiger partial charge in [-0.05, 0) is 0 Å². The van der Waals surface area contributed by atoms with Crippen LogP contribution in [0, 0.1) is 0 Å². The molecule has 0 atom stereocenters. The van der Waals surface area contributed by atoms with Gasteiger partial charge in [0.1, 0.15) is 0 Å². The molecule has 0 aromatic heterocycles. The Kier molecular flexibility index (Phi) is 10.6. The number of rotatable bonds is 12. The van der Waals surface area contributed by atoms with Gasteiger partial charge >= 0.3 is 17.6 Å². The van der Waals surface area contributed by atoms with Crippen LogP contribution in [0.2, 0.25) is 13.1 Å². The Morgan fingerprint density at radius 3 is 1.00 bits per heavy atom. The predicted molar refractivity (Wildman–Crippen MR) is 96.0 cm³/mol. The van der Waals surface area contributed by atoms with Crippen LogP contribution in [0.15, 0.2) is 0 Å². The first-order valence-corrected chi connectivity index (χ1v) is 16.7. The zero-order valence-electron chi connectivity index (χ0n) is 14.2. The van der Waals surface area contributed by atoms with Gasteiger partial charge in [-0.15, -0.1) is 0 Å². The van der Waals surface area contributed by atoms with Gasteiger partial charge in [0, 0.05) is 42.7 Å². The Morgan fingerprint density at radius 2 is 0.810 bits per heavy atom. The molecule has 0 aromatic carbocycles. The first kappa shape index (κ1) is 22.1. The fraction of sp³-hybridized carbons (Fsp3) is 1.00. The van der Waals surface area contributed by atoms with Gasteiger partial charge in [-0.1, -0.05) is 13.1 Å². The first-order valence-electron chi connectivity index (χ1n) is 6.37. The van der Waals surface area contributed by atoms with Crippen molar-refractivity contribution >= 4 is 46.4 Å². The molecule has 0 rings (SSSR count). The summed E-state index contributed by atoms with van der Waals surface area (Å²) in [5.41, 5.74) is 0. The van der Waals surface area contributed by atoms with E-state index in [0.717, 1.165) is 10.8 Å². The second-order valence-electron chi connectivity index (χ2n) is 4.57. The molecule has 0 aliphatic heterocycles. The summed E-state index contributed by atoms with van der Waals surface area (Å²) in [7, 11) is 4.78. The van der Waals surface area contributed by atoms with Gasteiger partial charge < -0.3 is 26.6 Å². The van der Waals surface area contributed by atoms with Crippen LogP contribution in [0.4, 0.5) is 0 Å². The van der Waals surface area contributed by atoms with Crippen LogP contribution < -0.4 is 0 Å². The van der Waals surface area contributed by atoms with E-state index in [4.69, 9.17) is 26.6 Å². The van der Waals surface area contributed by atoms with Crippen LogP contribution in [0.25, 0.3) is 0 Å². The van der Waals surface area contributed by atoms with Crippen molar-refractivity contribution in [2.24, 2.45) is 0 Å². The maximum atomic E-state index is 5.46. The van der Waals surface area contributed by atoms with Gasteiger partial charge in [0.25, 0.3) is 0 Å². The van der Waals surface area contributed by atoms with Gasteiger partial charge in [0.05, 0.1) is 10.8 Å². The van der Waals surface area contributed by atoms with E-state index >= 15 is 0 Å². The minimum Gasteiger partial charge on any atom is -0.376 e. The largest absolute Gasteiger partial charge is 0.510 e. The summed E-state index contributed by atoms with van der Waals surface area (Å²) >= 11 is 3.75. The second kappa shape index (κ2) is 10.1. The Bertz CT molecular complexity index is 247. The lowest BCUT2D eigenvalue weighted by Gasteiger charge is -2.30. The third-order valence-corrected chi connectivity index (χ3v) is 21.1. The fourth-order valence-corrected chi connectivity index (χ4v) is 23.1. The van der Waals surface area contributed by atoms with Crippen molar-refractivity contribution in [1.82, 2.24) is 0 Å². The molecule has 0 aliphatic rings. The zero-order chi connectivity index (χ0) is 16.6. The van der Waals surface area contributed by atoms with E-state index < -0.39 is 24.0 Å². The maximum absolute atomic E-state index is 5.46. The molecule has 0 heterocycles. The Morgan fingerprint density at radius 1 is 0.571 bits per heavy atom. The molecule has 0 spiro atoms. The normalized spacial score (nSPS) is 13.7. The maximum Gasteiger partial charge on any atom is 0.510 e. The molecular formula is C10H28O6S2Si3. The van der Waals surface area contributed by atoms with Gasteiger partial charge in [-0.2, -0.15) is 22.4 Å². The van der Waals surface area contributed by atoms with Crippen molar-refractivity contribution in [2.75, 3.05) is 53.4 Å². The van der Waals surface area contributed by atoms with Crippen LogP contribution >= 0.6 is 22.4 Å². The van der Waals surface area contributed by atoms with Crippen molar-refractivity contribution in [3.05, 3.63) is 0 Å². The SMILES string of the molecule is CO[Si](CS[Si](C)(C)SC[Si](OC)(OC)OC)(OC)OC. The molecule has 0 N–H and O–H groups in total. The fourth-order valence-electron chi connectivity index (χ4n) is 1.42. The molecule has 11 heteroatoms. The number of hydrogen-bond donors (Lipinski definition) is 0. The summed E-state index contributed by atoms with van der Waals surface area (Å²) in [6.07, 6.45) is -1.60. The van der Waals surface area contributed by atoms with E-state index in [1.807, 2.05) is 22.4 Å². The van der Waals surface area contributed by atoms with Gasteiger partial charge in [0.15, 0.2) is 6.37 Å². The Balaban J connectivity index is 4.56. The molecule has 0 fully saturated rings. The quantitative estimate of drug-likeness (QED) is 0.467. The summed E-state index contributed by atoms with van der Waals surface area (Å²) in [5, 5.41) is 1.48. The van der Waals surface area contributed by atoms with E-state index in [9.17, 15) is 0 Å². The highest BCUT2D eigenvalue weighted by atomic mass is 32.6. The number of hydrogen-bond acceptors (Lipinski definition) is 8. The highest BCUT2D eigenvalue weighted by molar-refractivity contribution is 8.58. The van der Waals surface area contributed by atoms with Crippen LogP contribution in [-0.4, -0.2) is 77.4 Å². The third-order valence-electron chi connectivity index (χ3n) is 3.06. The summed E-state index contributed by atoms with van der Waals surface area (Å²) < 4.78 is 32.8. The smallest absolute Gasteiger partial charge is 0.376 e. The minimum absolute atomic E-state index is 0.740. The molecule has 0 radical (unpaired) electrons. The molecule has 21 heavy (non-hydrogen) atoms. The van der Waals surface area contributed by atoms with E-state index in [0.29, 0.717) is 0 Å². The monoisotopic (exact) mass is 392 g/mol. The second-order valence-corrected chi connectivity index (χ2v) is 24.1. The minimum atomic E-state index is -2.53. The van der Waals surface area contributed by atoms with Crippen molar-refractivity contribution in [3.8, 4) is 0 Å². The molecule has 0 aliphatic carbocycles. The summed E-state index contributed by atoms with van der Waals surface area (Å²) in [5.74, 6) is 0. The third kappa shape index (κ3) is 7.03. The lowest BCUT2D eigenvalue weighted by molar-refractivity contribution is 0.130. The topological polar surface area (TPSA) is 55.4 Å². The van der Waals surface area contributed by atoms with Gasteiger partial charge in [0.2, 0.25) is 0 Å². The molecule has 0 aromatic rings. The van der Waals surface area contributed by atoms with Crippen molar-refractivity contribution in [1.29, 1.82) is 0 Å². The first-order chi connectivity index (χ1) is 9.78. The van der Waals surface area contributed by atoms with Gasteiger partial charge in [-0.3, -0.25) is 0 Å².